The third-order valence-electron chi connectivity index (χ3n) is 4.76. The second kappa shape index (κ2) is 9.32. The SMILES string of the molecule is O=C(Nc1ccc(SC2CC(=O)N(c3ccc(F)cc3)C2=O)cc1)c1ccc(Cl)cc1Cl. The number of hydrogen-bond donors (Lipinski definition) is 1. The van der Waals surface area contributed by atoms with Gasteiger partial charge in [-0.15, -0.1) is 11.8 Å². The summed E-state index contributed by atoms with van der Waals surface area (Å²) in [4.78, 5) is 39.4. The monoisotopic (exact) mass is 488 g/mol. The Balaban J connectivity index is 1.41. The molecule has 1 aliphatic rings. The van der Waals surface area contributed by atoms with E-state index < -0.39 is 11.1 Å². The van der Waals surface area contributed by atoms with E-state index in [-0.39, 0.29) is 29.2 Å². The van der Waals surface area contributed by atoms with Crippen LogP contribution in [0.3, 0.4) is 0 Å². The van der Waals surface area contributed by atoms with Crippen molar-refractivity contribution in [2.24, 2.45) is 0 Å². The highest BCUT2D eigenvalue weighted by atomic mass is 35.5. The van der Waals surface area contributed by atoms with Gasteiger partial charge in [0.2, 0.25) is 11.8 Å². The van der Waals surface area contributed by atoms with Crippen LogP contribution in [0.2, 0.25) is 10.0 Å². The van der Waals surface area contributed by atoms with E-state index in [9.17, 15) is 18.8 Å². The molecule has 3 aromatic rings. The Kier molecular flexibility index (Phi) is 6.50. The summed E-state index contributed by atoms with van der Waals surface area (Å²) >= 11 is 13.2. The lowest BCUT2D eigenvalue weighted by Gasteiger charge is -2.15. The van der Waals surface area contributed by atoms with Crippen molar-refractivity contribution >= 4 is 64.1 Å². The standard InChI is InChI=1S/C23H15Cl2FN2O3S/c24-13-1-10-18(19(25)11-13)22(30)27-15-4-8-17(9-5-15)32-20-12-21(29)28(23(20)31)16-6-2-14(26)3-7-16/h1-11,20H,12H2,(H,27,30). The first-order valence-electron chi connectivity index (χ1n) is 9.47. The van der Waals surface area contributed by atoms with E-state index >= 15 is 0 Å². The number of imide groups is 1. The van der Waals surface area contributed by atoms with Crippen LogP contribution >= 0.6 is 35.0 Å². The van der Waals surface area contributed by atoms with Gasteiger partial charge in [0.15, 0.2) is 0 Å². The van der Waals surface area contributed by atoms with Crippen LogP contribution in [-0.2, 0) is 9.59 Å². The molecule has 1 fully saturated rings. The summed E-state index contributed by atoms with van der Waals surface area (Å²) in [6, 6.07) is 16.7. The maximum Gasteiger partial charge on any atom is 0.257 e. The fourth-order valence-corrected chi connectivity index (χ4v) is 4.76. The first-order valence-corrected chi connectivity index (χ1v) is 11.1. The number of hydrogen-bond acceptors (Lipinski definition) is 4. The largest absolute Gasteiger partial charge is 0.322 e. The number of nitrogens with one attached hydrogen (secondary N) is 1. The first-order chi connectivity index (χ1) is 15.3. The van der Waals surface area contributed by atoms with Crippen LogP contribution in [0.4, 0.5) is 15.8 Å². The smallest absolute Gasteiger partial charge is 0.257 e. The van der Waals surface area contributed by atoms with E-state index in [1.807, 2.05) is 0 Å². The Hall–Kier alpha value is -2.87. The van der Waals surface area contributed by atoms with E-state index in [2.05, 4.69) is 5.32 Å². The van der Waals surface area contributed by atoms with Gasteiger partial charge in [0.25, 0.3) is 5.91 Å². The maximum absolute atomic E-state index is 13.1. The second-order valence-corrected chi connectivity index (χ2v) is 9.08. The van der Waals surface area contributed by atoms with Crippen LogP contribution in [-0.4, -0.2) is 23.0 Å². The molecule has 1 aliphatic heterocycles. The molecule has 1 heterocycles. The molecule has 32 heavy (non-hydrogen) atoms. The third kappa shape index (κ3) is 4.80. The van der Waals surface area contributed by atoms with Crippen LogP contribution in [0.25, 0.3) is 0 Å². The predicted molar refractivity (Wildman–Crippen MR) is 124 cm³/mol. The Bertz CT molecular complexity index is 1200. The molecule has 0 spiro atoms. The second-order valence-electron chi connectivity index (χ2n) is 6.96. The number of halogens is 3. The first kappa shape index (κ1) is 22.3. The lowest BCUT2D eigenvalue weighted by atomic mass is 10.2. The normalized spacial score (nSPS) is 15.8. The number of amides is 3. The molecular weight excluding hydrogens is 474 g/mol. The highest BCUT2D eigenvalue weighted by molar-refractivity contribution is 8.00. The summed E-state index contributed by atoms with van der Waals surface area (Å²) < 4.78 is 13.1. The van der Waals surface area contributed by atoms with Gasteiger partial charge < -0.3 is 5.32 Å². The number of benzene rings is 3. The molecule has 4 rings (SSSR count). The van der Waals surface area contributed by atoms with Gasteiger partial charge in [-0.05, 0) is 66.7 Å². The van der Waals surface area contributed by atoms with Crippen LogP contribution in [0.15, 0.2) is 71.6 Å². The van der Waals surface area contributed by atoms with Crippen molar-refractivity contribution in [1.82, 2.24) is 0 Å². The van der Waals surface area contributed by atoms with E-state index in [0.717, 1.165) is 9.80 Å². The molecule has 3 aromatic carbocycles. The summed E-state index contributed by atoms with van der Waals surface area (Å²) in [5.41, 5.74) is 1.20. The van der Waals surface area contributed by atoms with Crippen molar-refractivity contribution < 1.29 is 18.8 Å². The molecule has 0 saturated carbocycles. The van der Waals surface area contributed by atoms with Crippen LogP contribution < -0.4 is 10.2 Å². The van der Waals surface area contributed by atoms with Crippen molar-refractivity contribution in [3.63, 3.8) is 0 Å². The number of rotatable bonds is 5. The van der Waals surface area contributed by atoms with Gasteiger partial charge in [-0.1, -0.05) is 23.2 Å². The van der Waals surface area contributed by atoms with Crippen molar-refractivity contribution in [3.05, 3.63) is 88.2 Å². The van der Waals surface area contributed by atoms with Gasteiger partial charge in [0.05, 0.1) is 21.5 Å². The lowest BCUT2D eigenvalue weighted by molar-refractivity contribution is -0.121. The zero-order valence-corrected chi connectivity index (χ0v) is 18.7. The number of nitrogens with zero attached hydrogens (tertiary/aromatic N) is 1. The number of carbonyl (C=O) groups excluding carboxylic acids is 3. The summed E-state index contributed by atoms with van der Waals surface area (Å²) in [5, 5.41) is 2.85. The number of carbonyl (C=O) groups is 3. The summed E-state index contributed by atoms with van der Waals surface area (Å²) in [5.74, 6) is -1.49. The van der Waals surface area contributed by atoms with Gasteiger partial charge in [-0.3, -0.25) is 14.4 Å². The number of thioether (sulfide) groups is 1. The van der Waals surface area contributed by atoms with E-state index in [0.29, 0.717) is 22.0 Å². The summed E-state index contributed by atoms with van der Waals surface area (Å²) in [6.07, 6.45) is 0.0500. The fourth-order valence-electron chi connectivity index (χ4n) is 3.21. The van der Waals surface area contributed by atoms with E-state index in [4.69, 9.17) is 23.2 Å². The molecule has 0 aliphatic carbocycles. The van der Waals surface area contributed by atoms with Crippen molar-refractivity contribution in [1.29, 1.82) is 0 Å². The van der Waals surface area contributed by atoms with E-state index in [1.165, 1.54) is 42.1 Å². The van der Waals surface area contributed by atoms with Gasteiger partial charge >= 0.3 is 0 Å². The van der Waals surface area contributed by atoms with Gasteiger partial charge in [-0.25, -0.2) is 9.29 Å². The molecule has 0 bridgehead atoms. The Labute approximate surface area is 197 Å². The zero-order chi connectivity index (χ0) is 22.8. The Morgan fingerprint density at radius 2 is 1.69 bits per heavy atom. The maximum atomic E-state index is 13.1. The molecule has 0 radical (unpaired) electrons. The lowest BCUT2D eigenvalue weighted by Crippen LogP contribution is -2.31. The Morgan fingerprint density at radius 1 is 1.00 bits per heavy atom. The average Bonchev–Trinajstić information content (AvgIpc) is 3.03. The summed E-state index contributed by atoms with van der Waals surface area (Å²) in [7, 11) is 0. The topological polar surface area (TPSA) is 66.5 Å². The molecular formula is C23H15Cl2FN2O3S. The van der Waals surface area contributed by atoms with Crippen molar-refractivity contribution in [3.8, 4) is 0 Å². The van der Waals surface area contributed by atoms with Gasteiger partial charge in [0.1, 0.15) is 5.82 Å². The average molecular weight is 489 g/mol. The minimum Gasteiger partial charge on any atom is -0.322 e. The molecule has 1 saturated heterocycles. The fraction of sp³-hybridized carbons (Fsp3) is 0.0870. The summed E-state index contributed by atoms with van der Waals surface area (Å²) in [6.45, 7) is 0. The van der Waals surface area contributed by atoms with Crippen molar-refractivity contribution in [2.75, 3.05) is 10.2 Å². The molecule has 5 nitrogen and oxygen atoms in total. The molecule has 1 unspecified atom stereocenters. The highest BCUT2D eigenvalue weighted by Gasteiger charge is 2.40. The molecule has 162 valence electrons. The molecule has 9 heteroatoms. The quantitative estimate of drug-likeness (QED) is 0.460. The Morgan fingerprint density at radius 3 is 2.34 bits per heavy atom. The zero-order valence-electron chi connectivity index (χ0n) is 16.3. The number of anilines is 2. The highest BCUT2D eigenvalue weighted by Crippen LogP contribution is 2.34. The van der Waals surface area contributed by atoms with Crippen molar-refractivity contribution in [2.45, 2.75) is 16.6 Å². The minimum absolute atomic E-state index is 0.0500. The predicted octanol–water partition coefficient (Wildman–Crippen LogP) is 5.81. The van der Waals surface area contributed by atoms with Gasteiger partial charge in [0, 0.05) is 22.0 Å². The molecule has 3 amide bonds. The van der Waals surface area contributed by atoms with E-state index in [1.54, 1.807) is 36.4 Å². The van der Waals surface area contributed by atoms with Gasteiger partial charge in [-0.2, -0.15) is 0 Å². The minimum atomic E-state index is -0.583. The molecule has 1 atom stereocenters. The van der Waals surface area contributed by atoms with Crippen LogP contribution in [0, 0.1) is 5.82 Å². The van der Waals surface area contributed by atoms with Crippen LogP contribution in [0.1, 0.15) is 16.8 Å². The molecule has 1 N–H and O–H groups in total. The third-order valence-corrected chi connectivity index (χ3v) is 6.50. The van der Waals surface area contributed by atoms with Crippen LogP contribution in [0.5, 0.6) is 0 Å². The molecule has 0 aromatic heterocycles.